The molecule has 0 heterocycles. The zero-order valence-electron chi connectivity index (χ0n) is 14.3. The van der Waals surface area contributed by atoms with Crippen molar-refractivity contribution in [3.8, 4) is 0 Å². The number of carboxylic acid groups (broad SMARTS) is 1. The molecule has 2 nitrogen and oxygen atoms in total. The lowest BCUT2D eigenvalue weighted by Crippen LogP contribution is -1.93. The highest BCUT2D eigenvalue weighted by molar-refractivity contribution is 5.66. The van der Waals surface area contributed by atoms with E-state index in [2.05, 4.69) is 26.0 Å². The maximum absolute atomic E-state index is 10.3. The second kappa shape index (κ2) is 15.6. The van der Waals surface area contributed by atoms with Crippen LogP contribution < -0.4 is 0 Å². The van der Waals surface area contributed by atoms with Crippen LogP contribution >= 0.6 is 0 Å². The van der Waals surface area contributed by atoms with Crippen LogP contribution in [0.5, 0.6) is 0 Å². The molecule has 0 unspecified atom stereocenters. The Morgan fingerprint density at radius 2 is 1.29 bits per heavy atom. The van der Waals surface area contributed by atoms with Crippen molar-refractivity contribution in [3.05, 3.63) is 12.2 Å². The molecule has 0 radical (unpaired) electrons. The van der Waals surface area contributed by atoms with Crippen molar-refractivity contribution in [1.82, 2.24) is 0 Å². The number of unbranched alkanes of at least 4 members (excludes halogenated alkanes) is 9. The van der Waals surface area contributed by atoms with E-state index in [1.807, 2.05) is 0 Å². The lowest BCUT2D eigenvalue weighted by Gasteiger charge is -2.01. The van der Waals surface area contributed by atoms with Gasteiger partial charge in [-0.2, -0.15) is 0 Å². The molecule has 2 heteroatoms. The number of hydrogen-bond donors (Lipinski definition) is 1. The second-order valence-electron chi connectivity index (χ2n) is 6.56. The molecule has 124 valence electrons. The first-order chi connectivity index (χ1) is 10.1. The quantitative estimate of drug-likeness (QED) is 0.282. The number of carbonyl (C=O) groups is 1. The van der Waals surface area contributed by atoms with E-state index < -0.39 is 5.97 Å². The fourth-order valence-electron chi connectivity index (χ4n) is 2.44. The van der Waals surface area contributed by atoms with E-state index in [0.29, 0.717) is 6.42 Å². The summed E-state index contributed by atoms with van der Waals surface area (Å²) >= 11 is 0. The summed E-state index contributed by atoms with van der Waals surface area (Å²) in [6, 6.07) is 0. The van der Waals surface area contributed by atoms with Crippen molar-refractivity contribution in [3.63, 3.8) is 0 Å². The second-order valence-corrected chi connectivity index (χ2v) is 6.56. The van der Waals surface area contributed by atoms with Gasteiger partial charge in [-0.15, -0.1) is 0 Å². The van der Waals surface area contributed by atoms with Crippen molar-refractivity contribution in [2.75, 3.05) is 0 Å². The van der Waals surface area contributed by atoms with Crippen LogP contribution in [0, 0.1) is 5.92 Å². The SMILES string of the molecule is CC(C)CC/C=C\CCCCCCCCCCCC(=O)O. The highest BCUT2D eigenvalue weighted by Gasteiger charge is 1.96. The van der Waals surface area contributed by atoms with Crippen molar-refractivity contribution in [1.29, 1.82) is 0 Å². The van der Waals surface area contributed by atoms with Gasteiger partial charge in [-0.25, -0.2) is 0 Å². The predicted molar refractivity (Wildman–Crippen MR) is 91.6 cm³/mol. The van der Waals surface area contributed by atoms with Crippen molar-refractivity contribution < 1.29 is 9.90 Å². The fraction of sp³-hybridized carbons (Fsp3) is 0.842. The summed E-state index contributed by atoms with van der Waals surface area (Å²) in [5, 5.41) is 8.52. The van der Waals surface area contributed by atoms with Gasteiger partial charge >= 0.3 is 5.97 Å². The zero-order chi connectivity index (χ0) is 15.8. The molecule has 0 saturated carbocycles. The van der Waals surface area contributed by atoms with E-state index in [1.165, 1.54) is 64.2 Å². The molecule has 0 bridgehead atoms. The Kier molecular flexibility index (Phi) is 15.0. The predicted octanol–water partition coefficient (Wildman–Crippen LogP) is 6.35. The molecule has 0 aliphatic heterocycles. The molecule has 0 spiro atoms. The van der Waals surface area contributed by atoms with Crippen LogP contribution in [-0.2, 0) is 4.79 Å². The molecule has 0 aliphatic carbocycles. The fourth-order valence-corrected chi connectivity index (χ4v) is 2.44. The molecule has 21 heavy (non-hydrogen) atoms. The minimum absolute atomic E-state index is 0.338. The number of rotatable bonds is 15. The molecular weight excluding hydrogens is 260 g/mol. The molecule has 0 atom stereocenters. The Hall–Kier alpha value is -0.790. The lowest BCUT2D eigenvalue weighted by atomic mass is 10.1. The van der Waals surface area contributed by atoms with Crippen molar-refractivity contribution in [2.24, 2.45) is 5.92 Å². The summed E-state index contributed by atoms with van der Waals surface area (Å²) in [5.41, 5.74) is 0. The van der Waals surface area contributed by atoms with E-state index in [1.54, 1.807) is 0 Å². The molecule has 0 aromatic carbocycles. The normalized spacial score (nSPS) is 11.6. The van der Waals surface area contributed by atoms with E-state index in [4.69, 9.17) is 5.11 Å². The highest BCUT2D eigenvalue weighted by Crippen LogP contribution is 2.12. The lowest BCUT2D eigenvalue weighted by molar-refractivity contribution is -0.137. The van der Waals surface area contributed by atoms with Crippen molar-refractivity contribution in [2.45, 2.75) is 97.3 Å². The summed E-state index contributed by atoms with van der Waals surface area (Å²) in [6.07, 6.45) is 19.9. The van der Waals surface area contributed by atoms with Gasteiger partial charge in [0.1, 0.15) is 0 Å². The van der Waals surface area contributed by atoms with Crippen LogP contribution in [0.2, 0.25) is 0 Å². The average molecular weight is 296 g/mol. The maximum atomic E-state index is 10.3. The van der Waals surface area contributed by atoms with Crippen LogP contribution in [0.1, 0.15) is 97.3 Å². The molecule has 0 fully saturated rings. The number of carboxylic acids is 1. The Morgan fingerprint density at radius 1 is 0.810 bits per heavy atom. The Morgan fingerprint density at radius 3 is 1.81 bits per heavy atom. The van der Waals surface area contributed by atoms with Gasteiger partial charge in [0.15, 0.2) is 0 Å². The number of hydrogen-bond acceptors (Lipinski definition) is 1. The van der Waals surface area contributed by atoms with Gasteiger partial charge in [0.05, 0.1) is 0 Å². The van der Waals surface area contributed by atoms with E-state index >= 15 is 0 Å². The smallest absolute Gasteiger partial charge is 0.303 e. The van der Waals surface area contributed by atoms with Gasteiger partial charge in [-0.1, -0.05) is 70.9 Å². The van der Waals surface area contributed by atoms with Gasteiger partial charge in [0.2, 0.25) is 0 Å². The Balaban J connectivity index is 3.07. The van der Waals surface area contributed by atoms with Gasteiger partial charge in [0.25, 0.3) is 0 Å². The summed E-state index contributed by atoms with van der Waals surface area (Å²) in [5.74, 6) is 0.159. The van der Waals surface area contributed by atoms with Crippen LogP contribution in [0.4, 0.5) is 0 Å². The van der Waals surface area contributed by atoms with E-state index in [0.717, 1.165) is 18.8 Å². The largest absolute Gasteiger partial charge is 0.481 e. The molecule has 0 rings (SSSR count). The first-order valence-corrected chi connectivity index (χ1v) is 8.99. The molecule has 0 aromatic heterocycles. The van der Waals surface area contributed by atoms with Crippen LogP contribution in [-0.4, -0.2) is 11.1 Å². The van der Waals surface area contributed by atoms with Crippen LogP contribution in [0.15, 0.2) is 12.2 Å². The highest BCUT2D eigenvalue weighted by atomic mass is 16.4. The first kappa shape index (κ1) is 20.2. The minimum Gasteiger partial charge on any atom is -0.481 e. The first-order valence-electron chi connectivity index (χ1n) is 8.99. The third kappa shape index (κ3) is 19.2. The van der Waals surface area contributed by atoms with Gasteiger partial charge in [-0.05, 0) is 38.0 Å². The minimum atomic E-state index is -0.659. The summed E-state index contributed by atoms with van der Waals surface area (Å²) in [7, 11) is 0. The average Bonchev–Trinajstić information content (AvgIpc) is 2.42. The molecule has 0 amide bonds. The van der Waals surface area contributed by atoms with E-state index in [-0.39, 0.29) is 0 Å². The van der Waals surface area contributed by atoms with Crippen molar-refractivity contribution >= 4 is 5.97 Å². The number of aliphatic carboxylic acids is 1. The molecule has 0 aromatic rings. The number of allylic oxidation sites excluding steroid dienone is 2. The standard InChI is InChI=1S/C19H36O2/c1-18(2)16-14-12-10-8-6-4-3-5-7-9-11-13-15-17-19(20)21/h10,12,18H,3-9,11,13-17H2,1-2H3,(H,20,21)/b12-10-. The third-order valence-corrected chi connectivity index (χ3v) is 3.84. The summed E-state index contributed by atoms with van der Waals surface area (Å²) in [6.45, 7) is 4.56. The van der Waals surface area contributed by atoms with Gasteiger partial charge in [0, 0.05) is 6.42 Å². The summed E-state index contributed by atoms with van der Waals surface area (Å²) in [4.78, 5) is 10.3. The van der Waals surface area contributed by atoms with E-state index in [9.17, 15) is 4.79 Å². The Bertz CT molecular complexity index is 256. The molecule has 0 aliphatic rings. The van der Waals surface area contributed by atoms with Gasteiger partial charge < -0.3 is 5.11 Å². The zero-order valence-corrected chi connectivity index (χ0v) is 14.3. The molecule has 1 N–H and O–H groups in total. The van der Waals surface area contributed by atoms with Gasteiger partial charge in [-0.3, -0.25) is 4.79 Å². The third-order valence-electron chi connectivity index (χ3n) is 3.84. The van der Waals surface area contributed by atoms with Crippen LogP contribution in [0.3, 0.4) is 0 Å². The maximum Gasteiger partial charge on any atom is 0.303 e. The van der Waals surface area contributed by atoms with Crippen LogP contribution in [0.25, 0.3) is 0 Å². The monoisotopic (exact) mass is 296 g/mol. The summed E-state index contributed by atoms with van der Waals surface area (Å²) < 4.78 is 0. The Labute approximate surface area is 132 Å². The topological polar surface area (TPSA) is 37.3 Å². The molecular formula is C19H36O2. The molecule has 0 saturated heterocycles.